The molecule has 1 aliphatic rings. The molecule has 0 spiro atoms. The number of oxime groups is 1. The molecule has 0 amide bonds. The van der Waals surface area contributed by atoms with Crippen LogP contribution in [0.25, 0.3) is 0 Å². The Morgan fingerprint density at radius 2 is 1.79 bits per heavy atom. The summed E-state index contributed by atoms with van der Waals surface area (Å²) < 4.78 is 0. The highest BCUT2D eigenvalue weighted by atomic mass is 16.6. The molecule has 0 aromatic rings. The number of carbonyl (C=O) groups is 1. The molecule has 14 heavy (non-hydrogen) atoms. The number of carboxylic acid groups (broad SMARTS) is 1. The number of hydrogen-bond acceptors (Lipinski definition) is 3. The van der Waals surface area contributed by atoms with Crippen molar-refractivity contribution in [2.45, 2.75) is 44.9 Å². The molecule has 0 bridgehead atoms. The van der Waals surface area contributed by atoms with E-state index in [9.17, 15) is 4.79 Å². The van der Waals surface area contributed by atoms with Crippen molar-refractivity contribution in [2.75, 3.05) is 6.61 Å². The van der Waals surface area contributed by atoms with Crippen LogP contribution in [0.5, 0.6) is 0 Å². The molecule has 0 radical (unpaired) electrons. The smallest absolute Gasteiger partial charge is 0.344 e. The van der Waals surface area contributed by atoms with Crippen molar-refractivity contribution in [3.8, 4) is 0 Å². The third-order valence-corrected chi connectivity index (χ3v) is 2.31. The maximum atomic E-state index is 10.2. The summed E-state index contributed by atoms with van der Waals surface area (Å²) in [6.07, 6.45) is 8.02. The van der Waals surface area contributed by atoms with Crippen LogP contribution in [0.4, 0.5) is 0 Å². The van der Waals surface area contributed by atoms with E-state index in [0.29, 0.717) is 0 Å². The minimum absolute atomic E-state index is 0.330. The summed E-state index contributed by atoms with van der Waals surface area (Å²) in [4.78, 5) is 14.9. The van der Waals surface area contributed by atoms with Crippen LogP contribution in [-0.4, -0.2) is 23.4 Å². The molecule has 1 fully saturated rings. The third-order valence-electron chi connectivity index (χ3n) is 2.31. The van der Waals surface area contributed by atoms with Gasteiger partial charge in [0, 0.05) is 0 Å². The largest absolute Gasteiger partial charge is 0.479 e. The molecule has 0 aromatic carbocycles. The first-order chi connectivity index (χ1) is 6.79. The summed E-state index contributed by atoms with van der Waals surface area (Å²) in [6, 6.07) is 0. The number of hydrogen-bond donors (Lipinski definition) is 1. The first kappa shape index (κ1) is 11.0. The summed E-state index contributed by atoms with van der Waals surface area (Å²) in [6.45, 7) is -0.330. The van der Waals surface area contributed by atoms with Gasteiger partial charge in [0.05, 0.1) is 5.71 Å². The fourth-order valence-corrected chi connectivity index (χ4v) is 1.58. The number of nitrogens with zero attached hydrogens (tertiary/aromatic N) is 1. The summed E-state index contributed by atoms with van der Waals surface area (Å²) in [5.74, 6) is -0.972. The molecule has 0 unspecified atom stereocenters. The number of rotatable bonds is 3. The van der Waals surface area contributed by atoms with Gasteiger partial charge in [0.2, 0.25) is 6.61 Å². The highest BCUT2D eigenvalue weighted by Gasteiger charge is 2.05. The van der Waals surface area contributed by atoms with Gasteiger partial charge in [0.25, 0.3) is 0 Å². The quantitative estimate of drug-likeness (QED) is 0.709. The Bertz CT molecular complexity index is 203. The van der Waals surface area contributed by atoms with Gasteiger partial charge in [-0.15, -0.1) is 0 Å². The lowest BCUT2D eigenvalue weighted by molar-refractivity contribution is -0.142. The molecule has 80 valence electrons. The zero-order chi connectivity index (χ0) is 10.2. The van der Waals surface area contributed by atoms with Crippen molar-refractivity contribution in [1.82, 2.24) is 0 Å². The van der Waals surface area contributed by atoms with Gasteiger partial charge in [-0.3, -0.25) is 0 Å². The van der Waals surface area contributed by atoms with E-state index in [1.165, 1.54) is 19.3 Å². The minimum atomic E-state index is -0.972. The van der Waals surface area contributed by atoms with E-state index in [4.69, 9.17) is 9.94 Å². The van der Waals surface area contributed by atoms with Gasteiger partial charge in [-0.05, 0) is 25.7 Å². The van der Waals surface area contributed by atoms with E-state index in [-0.39, 0.29) is 6.61 Å². The van der Waals surface area contributed by atoms with Gasteiger partial charge in [-0.2, -0.15) is 0 Å². The summed E-state index contributed by atoms with van der Waals surface area (Å²) in [5, 5.41) is 12.2. The zero-order valence-electron chi connectivity index (χ0n) is 8.37. The summed E-state index contributed by atoms with van der Waals surface area (Å²) in [7, 11) is 0. The molecule has 1 N–H and O–H groups in total. The van der Waals surface area contributed by atoms with E-state index in [2.05, 4.69) is 5.16 Å². The SMILES string of the molecule is O=C(O)CON=C1CCCCCCC1. The maximum absolute atomic E-state index is 10.2. The van der Waals surface area contributed by atoms with Crippen LogP contribution >= 0.6 is 0 Å². The van der Waals surface area contributed by atoms with E-state index in [0.717, 1.165) is 31.4 Å². The Balaban J connectivity index is 2.27. The standard InChI is InChI=1S/C10H17NO3/c12-10(13)8-14-11-9-6-4-2-1-3-5-7-9/h1-8H2,(H,12,13). The van der Waals surface area contributed by atoms with Gasteiger partial charge in [-0.25, -0.2) is 4.79 Å². The fraction of sp³-hybridized carbons (Fsp3) is 0.800. The van der Waals surface area contributed by atoms with Gasteiger partial charge >= 0.3 is 5.97 Å². The second-order valence-electron chi connectivity index (χ2n) is 3.59. The number of carboxylic acids is 1. The molecular weight excluding hydrogens is 182 g/mol. The third kappa shape index (κ3) is 4.84. The van der Waals surface area contributed by atoms with Crippen LogP contribution < -0.4 is 0 Å². The van der Waals surface area contributed by atoms with E-state index >= 15 is 0 Å². The molecule has 4 heteroatoms. The van der Waals surface area contributed by atoms with Crippen molar-refractivity contribution in [3.05, 3.63) is 0 Å². The monoisotopic (exact) mass is 199 g/mol. The van der Waals surface area contributed by atoms with Crippen molar-refractivity contribution in [1.29, 1.82) is 0 Å². The first-order valence-corrected chi connectivity index (χ1v) is 5.18. The second-order valence-corrected chi connectivity index (χ2v) is 3.59. The number of aliphatic carboxylic acids is 1. The molecule has 0 aliphatic heterocycles. The van der Waals surface area contributed by atoms with Gasteiger partial charge in [0.15, 0.2) is 0 Å². The molecular formula is C10H17NO3. The Morgan fingerprint density at radius 1 is 1.21 bits per heavy atom. The van der Waals surface area contributed by atoms with Gasteiger partial charge < -0.3 is 9.94 Å². The second kappa shape index (κ2) is 6.40. The Morgan fingerprint density at radius 3 is 2.36 bits per heavy atom. The van der Waals surface area contributed by atoms with E-state index in [1.54, 1.807) is 0 Å². The van der Waals surface area contributed by atoms with Gasteiger partial charge in [0.1, 0.15) is 0 Å². The predicted octanol–water partition coefficient (Wildman–Crippen LogP) is 2.19. The minimum Gasteiger partial charge on any atom is -0.479 e. The molecule has 0 aromatic heterocycles. The normalized spacial score (nSPS) is 18.1. The van der Waals surface area contributed by atoms with Crippen LogP contribution in [0, 0.1) is 0 Å². The van der Waals surface area contributed by atoms with Crippen LogP contribution in [0.2, 0.25) is 0 Å². The molecule has 0 saturated heterocycles. The topological polar surface area (TPSA) is 58.9 Å². The van der Waals surface area contributed by atoms with E-state index in [1.807, 2.05) is 0 Å². The fourth-order valence-electron chi connectivity index (χ4n) is 1.58. The van der Waals surface area contributed by atoms with Crippen LogP contribution in [0.3, 0.4) is 0 Å². The van der Waals surface area contributed by atoms with Gasteiger partial charge in [-0.1, -0.05) is 24.4 Å². The van der Waals surface area contributed by atoms with Crippen LogP contribution in [0.1, 0.15) is 44.9 Å². The molecule has 4 nitrogen and oxygen atoms in total. The van der Waals surface area contributed by atoms with Crippen molar-refractivity contribution in [3.63, 3.8) is 0 Å². The lowest BCUT2D eigenvalue weighted by Crippen LogP contribution is -2.07. The first-order valence-electron chi connectivity index (χ1n) is 5.18. The van der Waals surface area contributed by atoms with Crippen molar-refractivity contribution in [2.24, 2.45) is 5.16 Å². The summed E-state index contributed by atoms with van der Waals surface area (Å²) in [5.41, 5.74) is 1.02. The van der Waals surface area contributed by atoms with E-state index < -0.39 is 5.97 Å². The maximum Gasteiger partial charge on any atom is 0.344 e. The Kier molecular flexibility index (Phi) is 5.04. The lowest BCUT2D eigenvalue weighted by Gasteiger charge is -2.09. The molecule has 0 heterocycles. The molecule has 0 atom stereocenters. The predicted molar refractivity (Wildman–Crippen MR) is 53.3 cm³/mol. The highest BCUT2D eigenvalue weighted by Crippen LogP contribution is 2.14. The zero-order valence-corrected chi connectivity index (χ0v) is 8.37. The highest BCUT2D eigenvalue weighted by molar-refractivity contribution is 5.84. The Hall–Kier alpha value is -1.06. The molecule has 1 saturated carbocycles. The Labute approximate surface area is 83.9 Å². The van der Waals surface area contributed by atoms with Crippen molar-refractivity contribution >= 4 is 11.7 Å². The average Bonchev–Trinajstić information content (AvgIpc) is 2.07. The van der Waals surface area contributed by atoms with Crippen LogP contribution in [-0.2, 0) is 9.63 Å². The molecule has 1 aliphatic carbocycles. The van der Waals surface area contributed by atoms with Crippen LogP contribution in [0.15, 0.2) is 5.16 Å². The lowest BCUT2D eigenvalue weighted by atomic mass is 9.99. The summed E-state index contributed by atoms with van der Waals surface area (Å²) >= 11 is 0. The average molecular weight is 199 g/mol. The van der Waals surface area contributed by atoms with Crippen molar-refractivity contribution < 1.29 is 14.7 Å². The molecule has 1 rings (SSSR count).